The second-order valence-electron chi connectivity index (χ2n) is 2.57. The third-order valence-electron chi connectivity index (χ3n) is 1.60. The zero-order valence-corrected chi connectivity index (χ0v) is 9.96. The smallest absolute Gasteiger partial charge is 0.325 e. The van der Waals surface area contributed by atoms with Gasteiger partial charge in [-0.2, -0.15) is 4.98 Å². The number of carbonyl (C=O) groups excluding carboxylic acids is 1. The number of ether oxygens (including phenoxy) is 1. The van der Waals surface area contributed by atoms with Crippen molar-refractivity contribution in [3.8, 4) is 0 Å². The minimum atomic E-state index is -0.355. The Hall–Kier alpha value is -1.37. The van der Waals surface area contributed by atoms with Crippen LogP contribution in [0.2, 0.25) is 0 Å². The Bertz CT molecular complexity index is 358. The Labute approximate surface area is 95.6 Å². The normalized spacial score (nSPS) is 9.53. The summed E-state index contributed by atoms with van der Waals surface area (Å²) in [5.74, 6) is 0.664. The van der Waals surface area contributed by atoms with Crippen LogP contribution in [0.1, 0.15) is 0 Å². The maximum Gasteiger partial charge on any atom is 0.325 e. The van der Waals surface area contributed by atoms with Gasteiger partial charge in [0.25, 0.3) is 0 Å². The molecule has 6 nitrogen and oxygen atoms in total. The van der Waals surface area contributed by atoms with E-state index in [-0.39, 0.29) is 12.5 Å². The van der Waals surface area contributed by atoms with Crippen LogP contribution in [0.25, 0.3) is 0 Å². The number of anilines is 2. The van der Waals surface area contributed by atoms with E-state index in [1.807, 2.05) is 0 Å². The van der Waals surface area contributed by atoms with E-state index in [2.05, 4.69) is 41.3 Å². The van der Waals surface area contributed by atoms with Crippen molar-refractivity contribution in [3.05, 3.63) is 10.7 Å². The maximum atomic E-state index is 10.9. The van der Waals surface area contributed by atoms with Gasteiger partial charge in [-0.05, 0) is 15.9 Å². The van der Waals surface area contributed by atoms with Gasteiger partial charge in [-0.3, -0.25) is 4.79 Å². The molecule has 7 heteroatoms. The number of methoxy groups -OCH3 is 1. The van der Waals surface area contributed by atoms with Gasteiger partial charge >= 0.3 is 5.97 Å². The predicted molar refractivity (Wildman–Crippen MR) is 59.8 cm³/mol. The van der Waals surface area contributed by atoms with Crippen molar-refractivity contribution in [2.24, 2.45) is 0 Å². The lowest BCUT2D eigenvalue weighted by molar-refractivity contribution is -0.138. The van der Waals surface area contributed by atoms with Crippen LogP contribution in [0, 0.1) is 0 Å². The van der Waals surface area contributed by atoms with Crippen molar-refractivity contribution in [1.82, 2.24) is 9.97 Å². The number of carbonyl (C=O) groups is 1. The molecular weight excluding hydrogens is 264 g/mol. The zero-order chi connectivity index (χ0) is 11.3. The molecule has 0 atom stereocenters. The Morgan fingerprint density at radius 2 is 2.40 bits per heavy atom. The van der Waals surface area contributed by atoms with Gasteiger partial charge in [-0.25, -0.2) is 4.98 Å². The van der Waals surface area contributed by atoms with E-state index in [9.17, 15) is 4.79 Å². The number of rotatable bonds is 4. The lowest BCUT2D eigenvalue weighted by Crippen LogP contribution is -2.16. The fourth-order valence-corrected chi connectivity index (χ4v) is 1.17. The first kappa shape index (κ1) is 11.7. The molecule has 15 heavy (non-hydrogen) atoms. The van der Waals surface area contributed by atoms with Gasteiger partial charge in [0.1, 0.15) is 12.4 Å². The summed E-state index contributed by atoms with van der Waals surface area (Å²) in [6.07, 6.45) is 1.60. The number of esters is 1. The number of nitrogens with zero attached hydrogens (tertiary/aromatic N) is 2. The summed E-state index contributed by atoms with van der Waals surface area (Å²) in [4.78, 5) is 19.0. The molecule has 82 valence electrons. The molecule has 1 aromatic heterocycles. The first-order chi connectivity index (χ1) is 7.17. The second-order valence-corrected chi connectivity index (χ2v) is 3.42. The topological polar surface area (TPSA) is 76.1 Å². The van der Waals surface area contributed by atoms with Crippen molar-refractivity contribution in [2.75, 3.05) is 31.3 Å². The Kier molecular flexibility index (Phi) is 4.29. The molecule has 0 aliphatic rings. The van der Waals surface area contributed by atoms with Gasteiger partial charge < -0.3 is 15.4 Å². The van der Waals surface area contributed by atoms with Crippen molar-refractivity contribution in [3.63, 3.8) is 0 Å². The van der Waals surface area contributed by atoms with Gasteiger partial charge in [0.2, 0.25) is 5.95 Å². The zero-order valence-electron chi connectivity index (χ0n) is 8.37. The van der Waals surface area contributed by atoms with Crippen LogP contribution >= 0.6 is 15.9 Å². The first-order valence-electron chi connectivity index (χ1n) is 4.18. The van der Waals surface area contributed by atoms with Crippen molar-refractivity contribution >= 4 is 33.7 Å². The average Bonchev–Trinajstić information content (AvgIpc) is 2.27. The highest BCUT2D eigenvalue weighted by molar-refractivity contribution is 9.10. The first-order valence-corrected chi connectivity index (χ1v) is 4.97. The number of hydrogen-bond acceptors (Lipinski definition) is 6. The molecule has 1 aromatic rings. The van der Waals surface area contributed by atoms with Crippen LogP contribution in [-0.2, 0) is 9.53 Å². The summed E-state index contributed by atoms with van der Waals surface area (Å²) in [6.45, 7) is 0.0647. The molecule has 0 amide bonds. The van der Waals surface area contributed by atoms with Crippen LogP contribution in [0.3, 0.4) is 0 Å². The third kappa shape index (κ3) is 3.35. The Morgan fingerprint density at radius 3 is 3.00 bits per heavy atom. The van der Waals surface area contributed by atoms with Crippen LogP contribution in [0.4, 0.5) is 11.8 Å². The van der Waals surface area contributed by atoms with Gasteiger partial charge in [-0.1, -0.05) is 0 Å². The van der Waals surface area contributed by atoms with Crippen LogP contribution in [0.5, 0.6) is 0 Å². The minimum absolute atomic E-state index is 0.0647. The van der Waals surface area contributed by atoms with Gasteiger partial charge in [0.15, 0.2) is 0 Å². The molecule has 0 saturated heterocycles. The van der Waals surface area contributed by atoms with Crippen LogP contribution in [0.15, 0.2) is 10.7 Å². The summed E-state index contributed by atoms with van der Waals surface area (Å²) in [5.41, 5.74) is 0. The SMILES string of the molecule is CNc1ncc(Br)c(NCC(=O)OC)n1. The van der Waals surface area contributed by atoms with Crippen molar-refractivity contribution in [1.29, 1.82) is 0 Å². The minimum Gasteiger partial charge on any atom is -0.468 e. The fourth-order valence-electron chi connectivity index (χ4n) is 0.840. The van der Waals surface area contributed by atoms with E-state index in [1.165, 1.54) is 7.11 Å². The molecule has 0 aliphatic carbocycles. The van der Waals surface area contributed by atoms with Gasteiger partial charge in [0.05, 0.1) is 11.6 Å². The van der Waals surface area contributed by atoms with E-state index in [4.69, 9.17) is 0 Å². The molecule has 0 saturated carbocycles. The molecule has 0 bridgehead atoms. The van der Waals surface area contributed by atoms with Crippen molar-refractivity contribution < 1.29 is 9.53 Å². The van der Waals surface area contributed by atoms with E-state index < -0.39 is 0 Å². The fraction of sp³-hybridized carbons (Fsp3) is 0.375. The highest BCUT2D eigenvalue weighted by atomic mass is 79.9. The van der Waals surface area contributed by atoms with E-state index in [0.717, 1.165) is 0 Å². The second kappa shape index (κ2) is 5.50. The highest BCUT2D eigenvalue weighted by Gasteiger charge is 2.06. The number of hydrogen-bond donors (Lipinski definition) is 2. The van der Waals surface area contributed by atoms with E-state index >= 15 is 0 Å². The molecule has 0 radical (unpaired) electrons. The third-order valence-corrected chi connectivity index (χ3v) is 2.18. The summed E-state index contributed by atoms with van der Waals surface area (Å²) in [7, 11) is 3.05. The van der Waals surface area contributed by atoms with Gasteiger partial charge in [-0.15, -0.1) is 0 Å². The summed E-state index contributed by atoms with van der Waals surface area (Å²) in [6, 6.07) is 0. The molecule has 0 fully saturated rings. The molecule has 0 aromatic carbocycles. The lowest BCUT2D eigenvalue weighted by atomic mass is 10.5. The predicted octanol–water partition coefficient (Wildman–Crippen LogP) is 0.866. The summed E-state index contributed by atoms with van der Waals surface area (Å²) >= 11 is 3.26. The molecule has 0 spiro atoms. The largest absolute Gasteiger partial charge is 0.468 e. The summed E-state index contributed by atoms with van der Waals surface area (Å²) < 4.78 is 5.18. The monoisotopic (exact) mass is 274 g/mol. The number of halogens is 1. The summed E-state index contributed by atoms with van der Waals surface area (Å²) in [5, 5.41) is 5.62. The Morgan fingerprint density at radius 1 is 1.67 bits per heavy atom. The van der Waals surface area contributed by atoms with Crippen LogP contribution in [-0.4, -0.2) is 36.6 Å². The highest BCUT2D eigenvalue weighted by Crippen LogP contribution is 2.19. The van der Waals surface area contributed by atoms with Crippen molar-refractivity contribution in [2.45, 2.75) is 0 Å². The number of nitrogens with one attached hydrogen (secondary N) is 2. The average molecular weight is 275 g/mol. The standard InChI is InChI=1S/C8H11BrN4O2/c1-10-8-12-3-5(9)7(13-8)11-4-6(14)15-2/h3H,4H2,1-2H3,(H2,10,11,12,13). The molecule has 2 N–H and O–H groups in total. The molecule has 1 heterocycles. The van der Waals surface area contributed by atoms with E-state index in [0.29, 0.717) is 16.2 Å². The van der Waals surface area contributed by atoms with Gasteiger partial charge in [0, 0.05) is 13.2 Å². The quantitative estimate of drug-likeness (QED) is 0.794. The molecular formula is C8H11BrN4O2. The van der Waals surface area contributed by atoms with E-state index in [1.54, 1.807) is 13.2 Å². The molecule has 0 unspecified atom stereocenters. The lowest BCUT2D eigenvalue weighted by Gasteiger charge is -2.07. The maximum absolute atomic E-state index is 10.9. The number of aromatic nitrogens is 2. The molecule has 0 aliphatic heterocycles. The van der Waals surface area contributed by atoms with Crippen LogP contribution < -0.4 is 10.6 Å². The Balaban J connectivity index is 2.70. The molecule has 1 rings (SSSR count).